The number of hydrogen-bond donors (Lipinski definition) is 1. The zero-order valence-corrected chi connectivity index (χ0v) is 8.80. The van der Waals surface area contributed by atoms with Gasteiger partial charge in [-0.05, 0) is 6.07 Å². The van der Waals surface area contributed by atoms with E-state index < -0.39 is 6.09 Å². The quantitative estimate of drug-likeness (QED) is 0.725. The highest BCUT2D eigenvalue weighted by Crippen LogP contribution is 2.41. The van der Waals surface area contributed by atoms with E-state index in [1.54, 1.807) is 0 Å². The molecular weight excluding hydrogens is 206 g/mol. The topological polar surface area (TPSA) is 49.8 Å². The number of benzene rings is 1. The number of amides is 1. The zero-order chi connectivity index (χ0) is 11.1. The summed E-state index contributed by atoms with van der Waals surface area (Å²) in [6.45, 7) is 1.13. The fourth-order valence-electron chi connectivity index (χ4n) is 2.60. The van der Waals surface area contributed by atoms with Crippen molar-refractivity contribution in [3.63, 3.8) is 0 Å². The molecule has 4 heteroatoms. The third-order valence-corrected chi connectivity index (χ3v) is 3.42. The highest BCUT2D eigenvalue weighted by Gasteiger charge is 2.39. The maximum atomic E-state index is 10.9. The smallest absolute Gasteiger partial charge is 0.407 e. The normalized spacial score (nSPS) is 26.9. The number of hydrogen-bond acceptors (Lipinski definition) is 2. The molecule has 2 atom stereocenters. The molecule has 0 bridgehead atoms. The molecule has 0 saturated carbocycles. The number of nitrogens with zero attached hydrogens (tertiary/aromatic N) is 1. The molecule has 0 radical (unpaired) electrons. The fraction of sp³-hybridized carbons (Fsp3) is 0.417. The van der Waals surface area contributed by atoms with Gasteiger partial charge in [0.1, 0.15) is 11.9 Å². The van der Waals surface area contributed by atoms with E-state index in [-0.39, 0.29) is 12.0 Å². The maximum absolute atomic E-state index is 10.9. The summed E-state index contributed by atoms with van der Waals surface area (Å²) in [5, 5.41) is 8.99. The molecule has 1 N–H and O–H groups in total. The predicted octanol–water partition coefficient (Wildman–Crippen LogP) is 1.91. The van der Waals surface area contributed by atoms with Crippen LogP contribution in [0.15, 0.2) is 24.3 Å². The van der Waals surface area contributed by atoms with Crippen molar-refractivity contribution in [3.05, 3.63) is 29.8 Å². The minimum absolute atomic E-state index is 0.160. The highest BCUT2D eigenvalue weighted by atomic mass is 16.5. The Morgan fingerprint density at radius 1 is 1.44 bits per heavy atom. The second-order valence-electron chi connectivity index (χ2n) is 4.32. The molecule has 2 unspecified atom stereocenters. The van der Waals surface area contributed by atoms with Crippen LogP contribution in [0.25, 0.3) is 0 Å². The van der Waals surface area contributed by atoms with Gasteiger partial charge in [-0.25, -0.2) is 4.79 Å². The van der Waals surface area contributed by atoms with Crippen molar-refractivity contribution in [2.75, 3.05) is 13.1 Å². The molecule has 3 rings (SSSR count). The standard InChI is InChI=1S/C12H13NO3/c14-12(15)13-6-5-11-9(7-13)8-3-1-2-4-10(8)16-11/h1-4,9,11H,5-7H2,(H,14,15). The minimum Gasteiger partial charge on any atom is -0.489 e. The van der Waals surface area contributed by atoms with Crippen LogP contribution in [-0.2, 0) is 0 Å². The Labute approximate surface area is 93.4 Å². The van der Waals surface area contributed by atoms with Gasteiger partial charge in [-0.2, -0.15) is 0 Å². The van der Waals surface area contributed by atoms with Gasteiger partial charge < -0.3 is 14.7 Å². The van der Waals surface area contributed by atoms with Crippen LogP contribution in [0.5, 0.6) is 5.75 Å². The van der Waals surface area contributed by atoms with Gasteiger partial charge in [0.2, 0.25) is 0 Å². The van der Waals surface area contributed by atoms with E-state index in [0.717, 1.165) is 17.7 Å². The van der Waals surface area contributed by atoms with Crippen LogP contribution in [-0.4, -0.2) is 35.3 Å². The third kappa shape index (κ3) is 1.33. The average Bonchev–Trinajstić information content (AvgIpc) is 2.66. The molecule has 0 aromatic heterocycles. The summed E-state index contributed by atoms with van der Waals surface area (Å²) >= 11 is 0. The lowest BCUT2D eigenvalue weighted by Gasteiger charge is -2.32. The SMILES string of the molecule is O=C(O)N1CCC2Oc3ccccc3C2C1. The molecule has 0 spiro atoms. The van der Waals surface area contributed by atoms with Crippen molar-refractivity contribution in [2.45, 2.75) is 18.4 Å². The lowest BCUT2D eigenvalue weighted by molar-refractivity contribution is 0.0900. The molecular formula is C12H13NO3. The number of carboxylic acid groups (broad SMARTS) is 1. The third-order valence-electron chi connectivity index (χ3n) is 3.42. The van der Waals surface area contributed by atoms with Crippen molar-refractivity contribution < 1.29 is 14.6 Å². The second-order valence-corrected chi connectivity index (χ2v) is 4.32. The number of fused-ring (bicyclic) bond motifs is 3. The average molecular weight is 219 g/mol. The van der Waals surface area contributed by atoms with Crippen LogP contribution in [0.1, 0.15) is 17.9 Å². The van der Waals surface area contributed by atoms with Crippen LogP contribution >= 0.6 is 0 Å². The first-order valence-corrected chi connectivity index (χ1v) is 5.49. The summed E-state index contributed by atoms with van der Waals surface area (Å²) in [6.07, 6.45) is 0.113. The highest BCUT2D eigenvalue weighted by molar-refractivity contribution is 5.65. The fourth-order valence-corrected chi connectivity index (χ4v) is 2.60. The van der Waals surface area contributed by atoms with E-state index in [0.29, 0.717) is 13.1 Å². The monoisotopic (exact) mass is 219 g/mol. The van der Waals surface area contributed by atoms with Crippen molar-refractivity contribution in [1.82, 2.24) is 4.90 Å². The molecule has 2 aliphatic heterocycles. The zero-order valence-electron chi connectivity index (χ0n) is 8.80. The Kier molecular flexibility index (Phi) is 2.02. The Morgan fingerprint density at radius 2 is 2.25 bits per heavy atom. The van der Waals surface area contributed by atoms with Gasteiger partial charge in [-0.1, -0.05) is 18.2 Å². The Hall–Kier alpha value is -1.71. The van der Waals surface area contributed by atoms with Crippen molar-refractivity contribution in [1.29, 1.82) is 0 Å². The summed E-state index contributed by atoms with van der Waals surface area (Å²) in [5.41, 5.74) is 1.15. The van der Waals surface area contributed by atoms with Crippen LogP contribution in [0.3, 0.4) is 0 Å². The van der Waals surface area contributed by atoms with Crippen LogP contribution in [0.4, 0.5) is 4.79 Å². The Balaban J connectivity index is 1.89. The van der Waals surface area contributed by atoms with E-state index >= 15 is 0 Å². The van der Waals surface area contributed by atoms with Crippen LogP contribution in [0.2, 0.25) is 0 Å². The molecule has 2 aliphatic rings. The molecule has 2 heterocycles. The molecule has 1 aromatic carbocycles. The molecule has 0 aliphatic carbocycles. The number of ether oxygens (including phenoxy) is 1. The van der Waals surface area contributed by atoms with E-state index in [9.17, 15) is 4.79 Å². The van der Waals surface area contributed by atoms with E-state index in [1.165, 1.54) is 4.90 Å². The van der Waals surface area contributed by atoms with Crippen molar-refractivity contribution in [3.8, 4) is 5.75 Å². The molecule has 1 amide bonds. The van der Waals surface area contributed by atoms with Gasteiger partial charge in [0.15, 0.2) is 0 Å². The van der Waals surface area contributed by atoms with Gasteiger partial charge in [0.05, 0.1) is 0 Å². The summed E-state index contributed by atoms with van der Waals surface area (Å²) in [5.74, 6) is 1.13. The van der Waals surface area contributed by atoms with Crippen molar-refractivity contribution >= 4 is 6.09 Å². The van der Waals surface area contributed by atoms with E-state index in [2.05, 4.69) is 0 Å². The first-order chi connectivity index (χ1) is 7.75. The minimum atomic E-state index is -0.831. The van der Waals surface area contributed by atoms with E-state index in [1.807, 2.05) is 24.3 Å². The molecule has 4 nitrogen and oxygen atoms in total. The molecule has 1 fully saturated rings. The number of likely N-dealkylation sites (tertiary alicyclic amines) is 1. The Morgan fingerprint density at radius 3 is 3.06 bits per heavy atom. The van der Waals surface area contributed by atoms with Crippen molar-refractivity contribution in [2.24, 2.45) is 0 Å². The summed E-state index contributed by atoms with van der Waals surface area (Å²) in [4.78, 5) is 12.4. The summed E-state index contributed by atoms with van der Waals surface area (Å²) in [6, 6.07) is 7.92. The molecule has 1 saturated heterocycles. The Bertz CT molecular complexity index is 432. The first-order valence-electron chi connectivity index (χ1n) is 5.49. The second kappa shape index (κ2) is 3.40. The number of piperidine rings is 1. The maximum Gasteiger partial charge on any atom is 0.407 e. The lowest BCUT2D eigenvalue weighted by Crippen LogP contribution is -2.43. The van der Waals surface area contributed by atoms with Gasteiger partial charge in [0, 0.05) is 31.0 Å². The predicted molar refractivity (Wildman–Crippen MR) is 57.8 cm³/mol. The first kappa shape index (κ1) is 9.51. The molecule has 16 heavy (non-hydrogen) atoms. The molecule has 1 aromatic rings. The van der Waals surface area contributed by atoms with Gasteiger partial charge in [-0.3, -0.25) is 0 Å². The van der Waals surface area contributed by atoms with Gasteiger partial charge in [-0.15, -0.1) is 0 Å². The van der Waals surface area contributed by atoms with Gasteiger partial charge >= 0.3 is 6.09 Å². The van der Waals surface area contributed by atoms with Crippen LogP contribution < -0.4 is 4.74 Å². The number of rotatable bonds is 0. The summed E-state index contributed by atoms with van der Waals surface area (Å²) in [7, 11) is 0. The van der Waals surface area contributed by atoms with Gasteiger partial charge in [0.25, 0.3) is 0 Å². The molecule has 84 valence electrons. The summed E-state index contributed by atoms with van der Waals surface area (Å²) < 4.78 is 5.82. The van der Waals surface area contributed by atoms with E-state index in [4.69, 9.17) is 9.84 Å². The largest absolute Gasteiger partial charge is 0.489 e. The lowest BCUT2D eigenvalue weighted by atomic mass is 9.90. The number of carbonyl (C=O) groups is 1. The number of para-hydroxylation sites is 1. The van der Waals surface area contributed by atoms with Crippen LogP contribution in [0, 0.1) is 0 Å².